The number of ether oxygens (including phenoxy) is 1. The molecule has 0 bridgehead atoms. The van der Waals surface area contributed by atoms with Crippen molar-refractivity contribution in [2.75, 3.05) is 18.1 Å². The fourth-order valence-corrected chi connectivity index (χ4v) is 2.86. The lowest BCUT2D eigenvalue weighted by Gasteiger charge is -2.15. The molecular formula is C11H16N4O2S. The van der Waals surface area contributed by atoms with E-state index in [2.05, 4.69) is 10.3 Å². The van der Waals surface area contributed by atoms with E-state index < -0.39 is 0 Å². The smallest absolute Gasteiger partial charge is 0.324 e. The fraction of sp³-hybridized carbons (Fsp3) is 0.545. The molecule has 1 aromatic rings. The van der Waals surface area contributed by atoms with Crippen molar-refractivity contribution in [2.24, 2.45) is 0 Å². The Hall–Kier alpha value is -1.63. The van der Waals surface area contributed by atoms with Crippen LogP contribution in [0.1, 0.15) is 24.4 Å². The standard InChI is InChI=1S/C11H16N4O2S/c1-4-17-9(12)8-7(3)14-11(18-8)15-6(2)5-13-10(15)16/h6,12H,4-5H2,1-3H3,(H,13,16)/t6-/m0/s1. The number of anilines is 1. The van der Waals surface area contributed by atoms with Gasteiger partial charge in [0.15, 0.2) is 5.13 Å². The average Bonchev–Trinajstić information content (AvgIpc) is 2.83. The van der Waals surface area contributed by atoms with Crippen LogP contribution >= 0.6 is 11.3 Å². The molecule has 7 heteroatoms. The lowest BCUT2D eigenvalue weighted by molar-refractivity contribution is 0.252. The summed E-state index contributed by atoms with van der Waals surface area (Å²) in [6, 6.07) is -0.0529. The molecule has 2 N–H and O–H groups in total. The first kappa shape index (κ1) is 12.8. The SMILES string of the molecule is CCOC(=N)c1sc(N2C(=O)NC[C@@H]2C)nc1C. The van der Waals surface area contributed by atoms with Crippen molar-refractivity contribution in [2.45, 2.75) is 26.8 Å². The molecule has 0 spiro atoms. The van der Waals surface area contributed by atoms with Crippen molar-refractivity contribution < 1.29 is 9.53 Å². The molecule has 98 valence electrons. The summed E-state index contributed by atoms with van der Waals surface area (Å²) in [6.45, 7) is 6.69. The molecule has 0 aliphatic carbocycles. The predicted octanol–water partition coefficient (Wildman–Crippen LogP) is 1.73. The molecule has 0 radical (unpaired) electrons. The number of carbonyl (C=O) groups is 1. The first-order chi connectivity index (χ1) is 8.54. The van der Waals surface area contributed by atoms with Crippen LogP contribution in [-0.4, -0.2) is 36.1 Å². The zero-order valence-electron chi connectivity index (χ0n) is 10.6. The van der Waals surface area contributed by atoms with Gasteiger partial charge in [0.05, 0.1) is 18.3 Å². The number of aryl methyl sites for hydroxylation is 1. The van der Waals surface area contributed by atoms with E-state index in [1.54, 1.807) is 4.90 Å². The summed E-state index contributed by atoms with van der Waals surface area (Å²) in [7, 11) is 0. The third kappa shape index (κ3) is 2.17. The van der Waals surface area contributed by atoms with Crippen LogP contribution in [0.4, 0.5) is 9.93 Å². The highest BCUT2D eigenvalue weighted by molar-refractivity contribution is 7.17. The number of rotatable bonds is 3. The van der Waals surface area contributed by atoms with Crippen molar-refractivity contribution in [1.82, 2.24) is 10.3 Å². The molecule has 1 atom stereocenters. The van der Waals surface area contributed by atoms with E-state index in [4.69, 9.17) is 10.1 Å². The minimum Gasteiger partial charge on any atom is -0.477 e. The Morgan fingerprint density at radius 1 is 1.72 bits per heavy atom. The summed E-state index contributed by atoms with van der Waals surface area (Å²) < 4.78 is 5.17. The van der Waals surface area contributed by atoms with E-state index in [-0.39, 0.29) is 18.0 Å². The normalized spacial score (nSPS) is 18.9. The molecule has 0 unspecified atom stereocenters. The number of hydrogen-bond donors (Lipinski definition) is 2. The van der Waals surface area contributed by atoms with Crippen LogP contribution in [0.25, 0.3) is 0 Å². The van der Waals surface area contributed by atoms with Gasteiger partial charge in [-0.25, -0.2) is 9.78 Å². The van der Waals surface area contributed by atoms with Gasteiger partial charge in [-0.1, -0.05) is 11.3 Å². The van der Waals surface area contributed by atoms with Gasteiger partial charge < -0.3 is 10.1 Å². The first-order valence-electron chi connectivity index (χ1n) is 5.80. The van der Waals surface area contributed by atoms with Crippen molar-refractivity contribution in [3.8, 4) is 0 Å². The molecule has 2 heterocycles. The Balaban J connectivity index is 2.28. The molecule has 0 aromatic carbocycles. The number of thiazole rings is 1. The second-order valence-corrected chi connectivity index (χ2v) is 5.06. The van der Waals surface area contributed by atoms with Crippen LogP contribution < -0.4 is 10.2 Å². The number of aromatic nitrogens is 1. The zero-order valence-corrected chi connectivity index (χ0v) is 11.4. The van der Waals surface area contributed by atoms with E-state index in [0.717, 1.165) is 5.69 Å². The van der Waals surface area contributed by atoms with Gasteiger partial charge in [-0.3, -0.25) is 10.3 Å². The molecule has 1 aromatic heterocycles. The van der Waals surface area contributed by atoms with Crippen LogP contribution in [-0.2, 0) is 4.74 Å². The number of nitrogens with one attached hydrogen (secondary N) is 2. The van der Waals surface area contributed by atoms with Crippen LogP contribution in [0.15, 0.2) is 0 Å². The van der Waals surface area contributed by atoms with Crippen LogP contribution in [0.3, 0.4) is 0 Å². The third-order valence-electron chi connectivity index (χ3n) is 2.69. The Morgan fingerprint density at radius 3 is 3.00 bits per heavy atom. The van der Waals surface area contributed by atoms with E-state index >= 15 is 0 Å². The van der Waals surface area contributed by atoms with E-state index in [1.165, 1.54) is 11.3 Å². The summed E-state index contributed by atoms with van der Waals surface area (Å²) in [6.07, 6.45) is 0. The lowest BCUT2D eigenvalue weighted by Crippen LogP contribution is -2.32. The molecule has 1 aliphatic rings. The number of hydrogen-bond acceptors (Lipinski definition) is 5. The summed E-state index contributed by atoms with van der Waals surface area (Å²) in [4.78, 5) is 18.4. The number of urea groups is 1. The Bertz CT molecular complexity index is 485. The third-order valence-corrected chi connectivity index (χ3v) is 3.85. The fourth-order valence-electron chi connectivity index (χ4n) is 1.79. The highest BCUT2D eigenvalue weighted by atomic mass is 32.1. The molecule has 0 saturated carbocycles. The van der Waals surface area contributed by atoms with Gasteiger partial charge in [-0.15, -0.1) is 0 Å². The molecule has 2 rings (SSSR count). The van der Waals surface area contributed by atoms with E-state index in [0.29, 0.717) is 23.2 Å². The summed E-state index contributed by atoms with van der Waals surface area (Å²) in [5.74, 6) is 0.117. The van der Waals surface area contributed by atoms with Crippen molar-refractivity contribution in [3.05, 3.63) is 10.6 Å². The lowest BCUT2D eigenvalue weighted by atomic mass is 10.3. The Kier molecular flexibility index (Phi) is 3.51. The number of amides is 2. The minimum atomic E-state index is -0.134. The number of nitrogens with zero attached hydrogens (tertiary/aromatic N) is 2. The summed E-state index contributed by atoms with van der Waals surface area (Å²) in [5, 5.41) is 11.2. The summed E-state index contributed by atoms with van der Waals surface area (Å²) >= 11 is 1.32. The minimum absolute atomic E-state index is 0.0807. The highest BCUT2D eigenvalue weighted by Gasteiger charge is 2.31. The van der Waals surface area contributed by atoms with Gasteiger partial charge >= 0.3 is 6.03 Å². The molecule has 1 fully saturated rings. The number of carbonyl (C=O) groups excluding carboxylic acids is 1. The molecule has 2 amide bonds. The maximum absolute atomic E-state index is 11.7. The second-order valence-electron chi connectivity index (χ2n) is 4.08. The predicted molar refractivity (Wildman–Crippen MR) is 70.6 cm³/mol. The van der Waals surface area contributed by atoms with Gasteiger partial charge in [0.25, 0.3) is 0 Å². The van der Waals surface area contributed by atoms with Gasteiger partial charge in [0, 0.05) is 6.54 Å². The maximum Gasteiger partial charge on any atom is 0.324 e. The van der Waals surface area contributed by atoms with Crippen molar-refractivity contribution in [3.63, 3.8) is 0 Å². The topological polar surface area (TPSA) is 78.3 Å². The van der Waals surface area contributed by atoms with Gasteiger partial charge in [-0.2, -0.15) is 0 Å². The van der Waals surface area contributed by atoms with E-state index in [9.17, 15) is 4.79 Å². The maximum atomic E-state index is 11.7. The summed E-state index contributed by atoms with van der Waals surface area (Å²) in [5.41, 5.74) is 0.723. The van der Waals surface area contributed by atoms with Crippen molar-refractivity contribution in [1.29, 1.82) is 5.41 Å². The van der Waals surface area contributed by atoms with Crippen LogP contribution in [0.5, 0.6) is 0 Å². The van der Waals surface area contributed by atoms with Crippen LogP contribution in [0, 0.1) is 12.3 Å². The highest BCUT2D eigenvalue weighted by Crippen LogP contribution is 2.29. The van der Waals surface area contributed by atoms with Crippen LogP contribution in [0.2, 0.25) is 0 Å². The van der Waals surface area contributed by atoms with Gasteiger partial charge in [-0.05, 0) is 20.8 Å². The molecule has 18 heavy (non-hydrogen) atoms. The Morgan fingerprint density at radius 2 is 2.44 bits per heavy atom. The first-order valence-corrected chi connectivity index (χ1v) is 6.62. The van der Waals surface area contributed by atoms with Gasteiger partial charge in [0.2, 0.25) is 5.90 Å². The van der Waals surface area contributed by atoms with Crippen molar-refractivity contribution >= 4 is 28.4 Å². The average molecular weight is 268 g/mol. The monoisotopic (exact) mass is 268 g/mol. The zero-order chi connectivity index (χ0) is 13.3. The second kappa shape index (κ2) is 4.93. The quantitative estimate of drug-likeness (QED) is 0.647. The van der Waals surface area contributed by atoms with Gasteiger partial charge in [0.1, 0.15) is 4.88 Å². The molecule has 1 saturated heterocycles. The van der Waals surface area contributed by atoms with E-state index in [1.807, 2.05) is 20.8 Å². The molecular weight excluding hydrogens is 252 g/mol. The largest absolute Gasteiger partial charge is 0.477 e. The molecule has 1 aliphatic heterocycles. The Labute approximate surface area is 109 Å². The molecule has 6 nitrogen and oxygen atoms in total.